The molecule has 0 radical (unpaired) electrons. The molecule has 6 heteroatoms. The SMILES string of the molecule is Fc1cc2c(cc1Oc1cccnn1)CNCCC2c1ccccc1F. The highest BCUT2D eigenvalue weighted by molar-refractivity contribution is 5.45. The summed E-state index contributed by atoms with van der Waals surface area (Å²) in [5.41, 5.74) is 2.25. The van der Waals surface area contributed by atoms with Crippen LogP contribution in [0.3, 0.4) is 0 Å². The van der Waals surface area contributed by atoms with E-state index < -0.39 is 5.82 Å². The van der Waals surface area contributed by atoms with Gasteiger partial charge < -0.3 is 10.1 Å². The first-order valence-corrected chi connectivity index (χ1v) is 8.45. The van der Waals surface area contributed by atoms with E-state index in [9.17, 15) is 8.78 Å². The summed E-state index contributed by atoms with van der Waals surface area (Å²) in [6.45, 7) is 1.28. The molecular weight excluding hydrogens is 336 g/mol. The van der Waals surface area contributed by atoms with E-state index in [1.165, 1.54) is 18.3 Å². The van der Waals surface area contributed by atoms with Crippen LogP contribution in [0.25, 0.3) is 0 Å². The van der Waals surface area contributed by atoms with Crippen molar-refractivity contribution in [1.82, 2.24) is 15.5 Å². The van der Waals surface area contributed by atoms with E-state index in [1.807, 2.05) is 0 Å². The van der Waals surface area contributed by atoms with E-state index in [0.717, 1.165) is 17.7 Å². The van der Waals surface area contributed by atoms with Gasteiger partial charge in [0.1, 0.15) is 5.82 Å². The number of rotatable bonds is 3. The molecule has 0 saturated carbocycles. The molecule has 2 aromatic carbocycles. The number of hydrogen-bond acceptors (Lipinski definition) is 4. The summed E-state index contributed by atoms with van der Waals surface area (Å²) in [5, 5.41) is 10.8. The molecule has 2 heterocycles. The molecule has 4 nitrogen and oxygen atoms in total. The Bertz CT molecular complexity index is 918. The molecule has 132 valence electrons. The fourth-order valence-corrected chi connectivity index (χ4v) is 3.33. The van der Waals surface area contributed by atoms with Gasteiger partial charge in [-0.05, 0) is 53.9 Å². The monoisotopic (exact) mass is 353 g/mol. The molecule has 0 aliphatic carbocycles. The molecule has 0 fully saturated rings. The largest absolute Gasteiger partial charge is 0.434 e. The summed E-state index contributed by atoms with van der Waals surface area (Å²) in [6.07, 6.45) is 2.21. The van der Waals surface area contributed by atoms with E-state index in [2.05, 4.69) is 15.5 Å². The number of benzene rings is 2. The molecule has 4 rings (SSSR count). The van der Waals surface area contributed by atoms with Gasteiger partial charge in [0.2, 0.25) is 5.88 Å². The fraction of sp³-hybridized carbons (Fsp3) is 0.200. The van der Waals surface area contributed by atoms with Crippen molar-refractivity contribution in [3.05, 3.63) is 83.1 Å². The Balaban J connectivity index is 1.75. The Morgan fingerprint density at radius 2 is 1.88 bits per heavy atom. The lowest BCUT2D eigenvalue weighted by molar-refractivity contribution is 0.420. The minimum atomic E-state index is -0.502. The minimum absolute atomic E-state index is 0.0835. The third-order valence-electron chi connectivity index (χ3n) is 4.54. The first-order valence-electron chi connectivity index (χ1n) is 8.45. The number of nitrogens with one attached hydrogen (secondary N) is 1. The molecule has 26 heavy (non-hydrogen) atoms. The van der Waals surface area contributed by atoms with Crippen LogP contribution in [-0.4, -0.2) is 16.7 Å². The first kappa shape index (κ1) is 16.6. The summed E-state index contributed by atoms with van der Waals surface area (Å²) in [5.74, 6) is -0.677. The normalized spacial score (nSPS) is 16.6. The Kier molecular flexibility index (Phi) is 4.58. The van der Waals surface area contributed by atoms with Crippen molar-refractivity contribution in [3.8, 4) is 11.6 Å². The van der Waals surface area contributed by atoms with Crippen LogP contribution in [0.2, 0.25) is 0 Å². The van der Waals surface area contributed by atoms with Crippen LogP contribution in [0.4, 0.5) is 8.78 Å². The van der Waals surface area contributed by atoms with Crippen molar-refractivity contribution >= 4 is 0 Å². The van der Waals surface area contributed by atoms with Crippen LogP contribution >= 0.6 is 0 Å². The molecule has 0 bridgehead atoms. The molecule has 1 N–H and O–H groups in total. The van der Waals surface area contributed by atoms with Gasteiger partial charge in [-0.15, -0.1) is 5.10 Å². The van der Waals surface area contributed by atoms with Crippen molar-refractivity contribution in [3.63, 3.8) is 0 Å². The summed E-state index contributed by atoms with van der Waals surface area (Å²) in [7, 11) is 0. The van der Waals surface area contributed by atoms with E-state index in [-0.39, 0.29) is 23.4 Å². The average molecular weight is 353 g/mol. The predicted octanol–water partition coefficient (Wildman–Crippen LogP) is 4.17. The molecule has 1 unspecified atom stereocenters. The quantitative estimate of drug-likeness (QED) is 0.768. The lowest BCUT2D eigenvalue weighted by atomic mass is 9.86. The molecular formula is C20H17F2N3O. The zero-order valence-corrected chi connectivity index (χ0v) is 14.0. The van der Waals surface area contributed by atoms with E-state index in [1.54, 1.807) is 36.4 Å². The maximum atomic E-state index is 14.7. The van der Waals surface area contributed by atoms with Gasteiger partial charge in [-0.3, -0.25) is 0 Å². The Morgan fingerprint density at radius 1 is 1.00 bits per heavy atom. The number of ether oxygens (including phenoxy) is 1. The molecule has 1 aliphatic heterocycles. The molecule has 0 spiro atoms. The molecule has 3 aromatic rings. The molecule has 1 aliphatic rings. The lowest BCUT2D eigenvalue weighted by Crippen LogP contribution is -2.12. The number of hydrogen-bond donors (Lipinski definition) is 1. The van der Waals surface area contributed by atoms with Crippen LogP contribution in [0.1, 0.15) is 29.0 Å². The van der Waals surface area contributed by atoms with Crippen LogP contribution in [0.5, 0.6) is 11.6 Å². The summed E-state index contributed by atoms with van der Waals surface area (Å²) < 4.78 is 34.5. The van der Waals surface area contributed by atoms with Gasteiger partial charge in [0.05, 0.1) is 0 Å². The van der Waals surface area contributed by atoms with E-state index >= 15 is 0 Å². The third kappa shape index (κ3) is 3.28. The van der Waals surface area contributed by atoms with Crippen molar-refractivity contribution in [2.45, 2.75) is 18.9 Å². The minimum Gasteiger partial charge on any atom is -0.434 e. The Labute approximate surface area is 149 Å². The van der Waals surface area contributed by atoms with Gasteiger partial charge in [-0.25, -0.2) is 8.78 Å². The maximum Gasteiger partial charge on any atom is 0.238 e. The van der Waals surface area contributed by atoms with Gasteiger partial charge in [0.25, 0.3) is 0 Å². The predicted molar refractivity (Wildman–Crippen MR) is 93.1 cm³/mol. The highest BCUT2D eigenvalue weighted by Gasteiger charge is 2.25. The van der Waals surface area contributed by atoms with Crippen LogP contribution in [0, 0.1) is 11.6 Å². The summed E-state index contributed by atoms with van der Waals surface area (Å²) in [6, 6.07) is 13.0. The second-order valence-corrected chi connectivity index (χ2v) is 6.18. The van der Waals surface area contributed by atoms with Gasteiger partial charge in [0.15, 0.2) is 11.6 Å². The summed E-state index contributed by atoms with van der Waals surface area (Å²) in [4.78, 5) is 0. The highest BCUT2D eigenvalue weighted by Crippen LogP contribution is 2.37. The van der Waals surface area contributed by atoms with Crippen LogP contribution < -0.4 is 10.1 Å². The number of fused-ring (bicyclic) bond motifs is 1. The van der Waals surface area contributed by atoms with Crippen LogP contribution in [-0.2, 0) is 6.54 Å². The van der Waals surface area contributed by atoms with Gasteiger partial charge in [0, 0.05) is 24.7 Å². The molecule has 0 amide bonds. The Morgan fingerprint density at radius 3 is 2.69 bits per heavy atom. The van der Waals surface area contributed by atoms with Crippen LogP contribution in [0.15, 0.2) is 54.7 Å². The van der Waals surface area contributed by atoms with E-state index in [4.69, 9.17) is 4.74 Å². The lowest BCUT2D eigenvalue weighted by Gasteiger charge is -2.19. The molecule has 1 atom stereocenters. The maximum absolute atomic E-state index is 14.7. The second kappa shape index (κ2) is 7.17. The Hall–Kier alpha value is -2.86. The standard InChI is InChI=1S/C20H17F2N3O/c21-17-5-2-1-4-15(17)14-7-9-23-12-13-10-19(18(22)11-16(13)14)26-20-6-3-8-24-25-20/h1-6,8,10-11,14,23H,7,9,12H2. The summed E-state index contributed by atoms with van der Waals surface area (Å²) >= 11 is 0. The van der Waals surface area contributed by atoms with Gasteiger partial charge in [-0.2, -0.15) is 5.10 Å². The van der Waals surface area contributed by atoms with Crippen molar-refractivity contribution in [2.24, 2.45) is 0 Å². The molecule has 1 aromatic heterocycles. The third-order valence-corrected chi connectivity index (χ3v) is 4.54. The first-order chi connectivity index (χ1) is 12.7. The zero-order chi connectivity index (χ0) is 17.9. The van der Waals surface area contributed by atoms with Gasteiger partial charge >= 0.3 is 0 Å². The van der Waals surface area contributed by atoms with Crippen molar-refractivity contribution < 1.29 is 13.5 Å². The van der Waals surface area contributed by atoms with E-state index in [0.29, 0.717) is 18.5 Å². The number of halogens is 2. The van der Waals surface area contributed by atoms with Crippen molar-refractivity contribution in [2.75, 3.05) is 6.54 Å². The number of aromatic nitrogens is 2. The topological polar surface area (TPSA) is 47.0 Å². The average Bonchev–Trinajstić information content (AvgIpc) is 2.85. The number of nitrogens with zero attached hydrogens (tertiary/aromatic N) is 2. The van der Waals surface area contributed by atoms with Gasteiger partial charge in [-0.1, -0.05) is 18.2 Å². The smallest absolute Gasteiger partial charge is 0.238 e. The highest BCUT2D eigenvalue weighted by atomic mass is 19.1. The second-order valence-electron chi connectivity index (χ2n) is 6.18. The van der Waals surface area contributed by atoms with Crippen molar-refractivity contribution in [1.29, 1.82) is 0 Å². The fourth-order valence-electron chi connectivity index (χ4n) is 3.33. The zero-order valence-electron chi connectivity index (χ0n) is 14.0. The molecule has 0 saturated heterocycles.